The summed E-state index contributed by atoms with van der Waals surface area (Å²) in [5.41, 5.74) is 2.42. The minimum Gasteiger partial charge on any atom is -0.496 e. The van der Waals surface area contributed by atoms with E-state index in [0.29, 0.717) is 5.03 Å². The predicted molar refractivity (Wildman–Crippen MR) is 117 cm³/mol. The summed E-state index contributed by atoms with van der Waals surface area (Å²) < 4.78 is 5.37. The van der Waals surface area contributed by atoms with Gasteiger partial charge in [0, 0.05) is 16.6 Å². The lowest BCUT2D eigenvalue weighted by molar-refractivity contribution is -0.113. The van der Waals surface area contributed by atoms with Gasteiger partial charge >= 0.3 is 0 Å². The Labute approximate surface area is 173 Å². The Kier molecular flexibility index (Phi) is 5.72. The van der Waals surface area contributed by atoms with Crippen LogP contribution in [0.25, 0.3) is 22.0 Å². The lowest BCUT2D eigenvalue weighted by Gasteiger charge is -2.09. The molecule has 0 fully saturated rings. The zero-order valence-corrected chi connectivity index (χ0v) is 16.6. The summed E-state index contributed by atoms with van der Waals surface area (Å²) in [6.45, 7) is 0. The van der Waals surface area contributed by atoms with E-state index >= 15 is 0 Å². The number of para-hydroxylation sites is 1. The Hall–Kier alpha value is -3.38. The fourth-order valence-electron chi connectivity index (χ4n) is 3.06. The standard InChI is InChI=1S/C23H19N3O2S/c1-28-21-12-5-4-10-18(21)20-13-14-23(26-25-20)29-15-22(27)24-19-11-6-8-16-7-2-3-9-17(16)19/h2-14H,15H2,1H3,(H,24,27). The number of benzene rings is 3. The monoisotopic (exact) mass is 401 g/mol. The minimum atomic E-state index is -0.0815. The second kappa shape index (κ2) is 8.75. The zero-order chi connectivity index (χ0) is 20.1. The third-order valence-corrected chi connectivity index (χ3v) is 5.36. The Morgan fingerprint density at radius 2 is 1.72 bits per heavy atom. The van der Waals surface area contributed by atoms with Gasteiger partial charge in [-0.3, -0.25) is 4.79 Å². The molecule has 0 spiro atoms. The molecule has 0 saturated heterocycles. The average molecular weight is 401 g/mol. The SMILES string of the molecule is COc1ccccc1-c1ccc(SCC(=O)Nc2cccc3ccccc23)nn1. The largest absolute Gasteiger partial charge is 0.496 e. The molecule has 1 aromatic heterocycles. The van der Waals surface area contributed by atoms with Gasteiger partial charge in [0.05, 0.1) is 18.6 Å². The number of hydrogen-bond donors (Lipinski definition) is 1. The van der Waals surface area contributed by atoms with Crippen molar-refractivity contribution in [3.8, 4) is 17.0 Å². The van der Waals surface area contributed by atoms with Gasteiger partial charge in [0.15, 0.2) is 0 Å². The molecular formula is C23H19N3O2S. The highest BCUT2D eigenvalue weighted by atomic mass is 32.2. The number of hydrogen-bond acceptors (Lipinski definition) is 5. The number of rotatable bonds is 6. The number of carbonyl (C=O) groups excluding carboxylic acids is 1. The third-order valence-electron chi connectivity index (χ3n) is 4.44. The van der Waals surface area contributed by atoms with Crippen molar-refractivity contribution in [1.29, 1.82) is 0 Å². The van der Waals surface area contributed by atoms with Gasteiger partial charge in [-0.2, -0.15) is 0 Å². The molecule has 0 unspecified atom stereocenters. The topological polar surface area (TPSA) is 64.1 Å². The molecule has 6 heteroatoms. The summed E-state index contributed by atoms with van der Waals surface area (Å²) in [5.74, 6) is 0.921. The van der Waals surface area contributed by atoms with E-state index in [4.69, 9.17) is 4.74 Å². The van der Waals surface area contributed by atoms with Crippen LogP contribution in [0.4, 0.5) is 5.69 Å². The molecule has 3 aromatic carbocycles. The Bertz CT molecular complexity index is 1140. The molecular weight excluding hydrogens is 382 g/mol. The van der Waals surface area contributed by atoms with Crippen LogP contribution >= 0.6 is 11.8 Å². The van der Waals surface area contributed by atoms with Gasteiger partial charge in [0.2, 0.25) is 5.91 Å². The van der Waals surface area contributed by atoms with Crippen molar-refractivity contribution in [2.24, 2.45) is 0 Å². The first-order chi connectivity index (χ1) is 14.2. The van der Waals surface area contributed by atoms with Crippen molar-refractivity contribution in [1.82, 2.24) is 10.2 Å². The molecule has 4 aromatic rings. The van der Waals surface area contributed by atoms with Crippen LogP contribution < -0.4 is 10.1 Å². The van der Waals surface area contributed by atoms with Gasteiger partial charge in [-0.25, -0.2) is 0 Å². The van der Waals surface area contributed by atoms with Crippen LogP contribution in [0.3, 0.4) is 0 Å². The molecule has 1 heterocycles. The molecule has 0 atom stereocenters. The van der Waals surface area contributed by atoms with Gasteiger partial charge in [0.1, 0.15) is 10.8 Å². The number of amides is 1. The zero-order valence-electron chi connectivity index (χ0n) is 15.8. The first kappa shape index (κ1) is 19.0. The normalized spacial score (nSPS) is 10.7. The average Bonchev–Trinajstić information content (AvgIpc) is 2.78. The van der Waals surface area contributed by atoms with E-state index in [1.807, 2.05) is 78.9 Å². The van der Waals surface area contributed by atoms with E-state index in [1.54, 1.807) is 7.11 Å². The summed E-state index contributed by atoms with van der Waals surface area (Å²) in [4.78, 5) is 12.4. The summed E-state index contributed by atoms with van der Waals surface area (Å²) >= 11 is 1.35. The number of anilines is 1. The van der Waals surface area contributed by atoms with E-state index in [9.17, 15) is 4.79 Å². The van der Waals surface area contributed by atoms with Gasteiger partial charge < -0.3 is 10.1 Å². The number of ether oxygens (including phenoxy) is 1. The minimum absolute atomic E-state index is 0.0815. The van der Waals surface area contributed by atoms with E-state index in [0.717, 1.165) is 33.5 Å². The molecule has 144 valence electrons. The van der Waals surface area contributed by atoms with Gasteiger partial charge in [-0.1, -0.05) is 60.3 Å². The predicted octanol–water partition coefficient (Wildman–Crippen LogP) is 5.04. The van der Waals surface area contributed by atoms with Gasteiger partial charge in [-0.05, 0) is 35.7 Å². The maximum atomic E-state index is 12.4. The number of carbonyl (C=O) groups is 1. The summed E-state index contributed by atoms with van der Waals surface area (Å²) in [6, 6.07) is 25.3. The first-order valence-corrected chi connectivity index (χ1v) is 10.1. The van der Waals surface area contributed by atoms with Crippen LogP contribution in [0.2, 0.25) is 0 Å². The van der Waals surface area contributed by atoms with Crippen molar-refractivity contribution >= 4 is 34.1 Å². The number of nitrogens with zero attached hydrogens (tertiary/aromatic N) is 2. The first-order valence-electron chi connectivity index (χ1n) is 9.12. The lowest BCUT2D eigenvalue weighted by Crippen LogP contribution is -2.14. The molecule has 0 aliphatic heterocycles. The number of fused-ring (bicyclic) bond motifs is 1. The smallest absolute Gasteiger partial charge is 0.234 e. The molecule has 0 radical (unpaired) electrons. The van der Waals surface area contributed by atoms with E-state index < -0.39 is 0 Å². The van der Waals surface area contributed by atoms with E-state index in [1.165, 1.54) is 11.8 Å². The van der Waals surface area contributed by atoms with Gasteiger partial charge in [0.25, 0.3) is 0 Å². The third kappa shape index (κ3) is 4.38. The van der Waals surface area contributed by atoms with Crippen molar-refractivity contribution < 1.29 is 9.53 Å². The quantitative estimate of drug-likeness (QED) is 0.459. The molecule has 29 heavy (non-hydrogen) atoms. The lowest BCUT2D eigenvalue weighted by atomic mass is 10.1. The van der Waals surface area contributed by atoms with Crippen LogP contribution in [-0.2, 0) is 4.79 Å². The second-order valence-electron chi connectivity index (χ2n) is 6.32. The fraction of sp³-hybridized carbons (Fsp3) is 0.0870. The summed E-state index contributed by atoms with van der Waals surface area (Å²) in [7, 11) is 1.63. The highest BCUT2D eigenvalue weighted by molar-refractivity contribution is 7.99. The maximum Gasteiger partial charge on any atom is 0.234 e. The molecule has 0 aliphatic rings. The van der Waals surface area contributed by atoms with E-state index in [-0.39, 0.29) is 11.7 Å². The Morgan fingerprint density at radius 1 is 0.931 bits per heavy atom. The second-order valence-corrected chi connectivity index (χ2v) is 7.32. The Morgan fingerprint density at radius 3 is 2.55 bits per heavy atom. The fourth-order valence-corrected chi connectivity index (χ4v) is 3.67. The molecule has 0 bridgehead atoms. The number of aromatic nitrogens is 2. The van der Waals surface area contributed by atoms with Crippen LogP contribution in [-0.4, -0.2) is 29.0 Å². The summed E-state index contributed by atoms with van der Waals surface area (Å²) in [6.07, 6.45) is 0. The molecule has 1 amide bonds. The highest BCUT2D eigenvalue weighted by Crippen LogP contribution is 2.28. The van der Waals surface area contributed by atoms with Crippen molar-refractivity contribution in [2.75, 3.05) is 18.2 Å². The van der Waals surface area contributed by atoms with Crippen LogP contribution in [0.15, 0.2) is 83.9 Å². The van der Waals surface area contributed by atoms with Crippen LogP contribution in [0, 0.1) is 0 Å². The van der Waals surface area contributed by atoms with Crippen LogP contribution in [0.1, 0.15) is 0 Å². The highest BCUT2D eigenvalue weighted by Gasteiger charge is 2.10. The van der Waals surface area contributed by atoms with Gasteiger partial charge in [-0.15, -0.1) is 10.2 Å². The van der Waals surface area contributed by atoms with E-state index in [2.05, 4.69) is 15.5 Å². The molecule has 5 nitrogen and oxygen atoms in total. The van der Waals surface area contributed by atoms with Crippen LogP contribution in [0.5, 0.6) is 5.75 Å². The molecule has 1 N–H and O–H groups in total. The number of thioether (sulfide) groups is 1. The summed E-state index contributed by atoms with van der Waals surface area (Å²) in [5, 5.41) is 14.3. The number of nitrogens with one attached hydrogen (secondary N) is 1. The van der Waals surface area contributed by atoms with Crippen molar-refractivity contribution in [3.63, 3.8) is 0 Å². The molecule has 0 saturated carbocycles. The Balaban J connectivity index is 1.40. The van der Waals surface area contributed by atoms with Crippen molar-refractivity contribution in [2.45, 2.75) is 5.03 Å². The molecule has 4 rings (SSSR count). The number of methoxy groups -OCH3 is 1. The van der Waals surface area contributed by atoms with Crippen molar-refractivity contribution in [3.05, 3.63) is 78.9 Å². The molecule has 0 aliphatic carbocycles. The maximum absolute atomic E-state index is 12.4.